The number of amides is 1. The van der Waals surface area contributed by atoms with E-state index in [0.29, 0.717) is 6.54 Å². The van der Waals surface area contributed by atoms with Gasteiger partial charge in [-0.25, -0.2) is 9.78 Å². The van der Waals surface area contributed by atoms with Crippen LogP contribution in [0.1, 0.15) is 29.0 Å². The summed E-state index contributed by atoms with van der Waals surface area (Å²) in [6.45, 7) is 2.16. The van der Waals surface area contributed by atoms with Crippen molar-refractivity contribution < 1.29 is 14.7 Å². The number of rotatable bonds is 3. The number of aromatic carboxylic acids is 1. The van der Waals surface area contributed by atoms with E-state index in [4.69, 9.17) is 5.11 Å². The normalized spacial score (nSPS) is 26.0. The smallest absolute Gasteiger partial charge is 0.354 e. The van der Waals surface area contributed by atoms with Gasteiger partial charge in [0, 0.05) is 32.7 Å². The van der Waals surface area contributed by atoms with Gasteiger partial charge in [-0.3, -0.25) is 9.69 Å². The molecule has 4 heterocycles. The molecule has 1 aromatic heterocycles. The average Bonchev–Trinajstić information content (AvgIpc) is 2.73. The third-order valence-corrected chi connectivity index (χ3v) is 4.45. The number of carboxylic acid groups (broad SMARTS) is 1. The summed E-state index contributed by atoms with van der Waals surface area (Å²) in [4.78, 5) is 31.4. The lowest BCUT2D eigenvalue weighted by atomic mass is 9.95. The second-order valence-corrected chi connectivity index (χ2v) is 5.89. The lowest BCUT2D eigenvalue weighted by Gasteiger charge is -2.32. The molecule has 0 aromatic carbocycles. The molecule has 2 bridgehead atoms. The molecule has 3 aliphatic rings. The Morgan fingerprint density at radius 2 is 2.19 bits per heavy atom. The van der Waals surface area contributed by atoms with Crippen molar-refractivity contribution in [2.75, 3.05) is 20.1 Å². The zero-order chi connectivity index (χ0) is 15.0. The number of pyridine rings is 1. The molecule has 3 aliphatic heterocycles. The van der Waals surface area contributed by atoms with Crippen LogP contribution in [-0.2, 0) is 11.3 Å². The summed E-state index contributed by atoms with van der Waals surface area (Å²) >= 11 is 0. The molecule has 0 unspecified atom stereocenters. The summed E-state index contributed by atoms with van der Waals surface area (Å²) in [5.74, 6) is -0.708. The van der Waals surface area contributed by atoms with E-state index in [9.17, 15) is 9.59 Å². The second-order valence-electron chi connectivity index (χ2n) is 5.89. The SMILES string of the molecule is CN1C(=O)[C@@H]2CC[C@H]1CN(Cc1cccc(C(=O)O)n1)C2. The fraction of sp³-hybridized carbons (Fsp3) is 0.533. The fourth-order valence-corrected chi connectivity index (χ4v) is 3.29. The molecule has 4 rings (SSSR count). The van der Waals surface area contributed by atoms with Crippen LogP contribution in [0.4, 0.5) is 0 Å². The number of piperidine rings is 1. The van der Waals surface area contributed by atoms with Crippen molar-refractivity contribution >= 4 is 11.9 Å². The maximum Gasteiger partial charge on any atom is 0.354 e. The molecule has 1 aromatic rings. The van der Waals surface area contributed by atoms with Crippen LogP contribution in [0.25, 0.3) is 0 Å². The number of carboxylic acids is 1. The minimum absolute atomic E-state index is 0.0661. The van der Waals surface area contributed by atoms with E-state index in [1.807, 2.05) is 18.0 Å². The number of aromatic nitrogens is 1. The first-order chi connectivity index (χ1) is 10.0. The van der Waals surface area contributed by atoms with Gasteiger partial charge in [0.25, 0.3) is 0 Å². The van der Waals surface area contributed by atoms with Gasteiger partial charge in [0.1, 0.15) is 5.69 Å². The molecule has 1 amide bonds. The van der Waals surface area contributed by atoms with Crippen LogP contribution in [0, 0.1) is 5.92 Å². The Hall–Kier alpha value is -1.95. The molecule has 3 fully saturated rings. The van der Waals surface area contributed by atoms with Crippen molar-refractivity contribution in [1.82, 2.24) is 14.8 Å². The van der Waals surface area contributed by atoms with Crippen LogP contribution in [0.5, 0.6) is 0 Å². The van der Waals surface area contributed by atoms with Gasteiger partial charge in [0.2, 0.25) is 5.91 Å². The van der Waals surface area contributed by atoms with Gasteiger partial charge in [-0.2, -0.15) is 0 Å². The van der Waals surface area contributed by atoms with Crippen molar-refractivity contribution in [2.45, 2.75) is 25.4 Å². The Labute approximate surface area is 123 Å². The standard InChI is InChI=1S/C15H19N3O3/c1-17-12-6-5-10(14(17)19)7-18(9-12)8-11-3-2-4-13(16-11)15(20)21/h2-4,10,12H,5-9H2,1H3,(H,20,21)/t10-,12+/m1/s1. The van der Waals surface area contributed by atoms with Crippen molar-refractivity contribution in [3.63, 3.8) is 0 Å². The summed E-state index contributed by atoms with van der Waals surface area (Å²) in [7, 11) is 1.88. The highest BCUT2D eigenvalue weighted by atomic mass is 16.4. The number of carbonyl (C=O) groups excluding carboxylic acids is 1. The highest BCUT2D eigenvalue weighted by Gasteiger charge is 2.38. The predicted octanol–water partition coefficient (Wildman–Crippen LogP) is 0.832. The summed E-state index contributed by atoms with van der Waals surface area (Å²) in [5, 5.41) is 9.00. The molecule has 6 heteroatoms. The average molecular weight is 289 g/mol. The van der Waals surface area contributed by atoms with Gasteiger partial charge in [0.15, 0.2) is 0 Å². The zero-order valence-electron chi connectivity index (χ0n) is 12.0. The minimum atomic E-state index is -1.01. The summed E-state index contributed by atoms with van der Waals surface area (Å²) < 4.78 is 0. The van der Waals surface area contributed by atoms with Gasteiger partial charge in [0.05, 0.1) is 11.6 Å². The molecular weight excluding hydrogens is 270 g/mol. The topological polar surface area (TPSA) is 73.7 Å². The third kappa shape index (κ3) is 2.76. The molecule has 2 atom stereocenters. The van der Waals surface area contributed by atoms with Gasteiger partial charge < -0.3 is 10.0 Å². The van der Waals surface area contributed by atoms with E-state index in [2.05, 4.69) is 9.88 Å². The first kappa shape index (κ1) is 14.0. The Kier molecular flexibility index (Phi) is 3.63. The maximum atomic E-state index is 12.2. The highest BCUT2D eigenvalue weighted by molar-refractivity contribution is 5.85. The zero-order valence-corrected chi connectivity index (χ0v) is 12.0. The Bertz CT molecular complexity index is 575. The fourth-order valence-electron chi connectivity index (χ4n) is 3.29. The van der Waals surface area contributed by atoms with Gasteiger partial charge >= 0.3 is 5.97 Å². The number of hydrogen-bond donors (Lipinski definition) is 1. The van der Waals surface area contributed by atoms with E-state index in [1.165, 1.54) is 6.07 Å². The largest absolute Gasteiger partial charge is 0.477 e. The number of hydrogen-bond acceptors (Lipinski definition) is 4. The van der Waals surface area contributed by atoms with E-state index >= 15 is 0 Å². The summed E-state index contributed by atoms with van der Waals surface area (Å²) in [6.07, 6.45) is 2.00. The molecule has 0 spiro atoms. The van der Waals surface area contributed by atoms with Crippen LogP contribution in [0.2, 0.25) is 0 Å². The summed E-state index contributed by atoms with van der Waals surface area (Å²) in [5.41, 5.74) is 0.810. The van der Waals surface area contributed by atoms with Crippen LogP contribution in [-0.4, -0.2) is 57.9 Å². The molecule has 6 nitrogen and oxygen atoms in total. The Morgan fingerprint density at radius 1 is 1.38 bits per heavy atom. The predicted molar refractivity (Wildman–Crippen MR) is 75.8 cm³/mol. The maximum absolute atomic E-state index is 12.2. The van der Waals surface area contributed by atoms with Crippen molar-refractivity contribution in [2.24, 2.45) is 5.92 Å². The van der Waals surface area contributed by atoms with Crippen LogP contribution < -0.4 is 0 Å². The Morgan fingerprint density at radius 3 is 2.95 bits per heavy atom. The molecule has 0 aliphatic carbocycles. The number of nitrogens with zero attached hydrogens (tertiary/aromatic N) is 3. The monoisotopic (exact) mass is 289 g/mol. The van der Waals surface area contributed by atoms with E-state index < -0.39 is 5.97 Å². The van der Waals surface area contributed by atoms with Gasteiger partial charge in [-0.15, -0.1) is 0 Å². The van der Waals surface area contributed by atoms with Crippen LogP contribution in [0.3, 0.4) is 0 Å². The first-order valence-corrected chi connectivity index (χ1v) is 7.23. The lowest BCUT2D eigenvalue weighted by Crippen LogP contribution is -2.45. The van der Waals surface area contributed by atoms with Crippen molar-refractivity contribution in [1.29, 1.82) is 0 Å². The van der Waals surface area contributed by atoms with E-state index in [1.54, 1.807) is 6.07 Å². The van der Waals surface area contributed by atoms with Crippen LogP contribution >= 0.6 is 0 Å². The molecule has 0 radical (unpaired) electrons. The number of likely N-dealkylation sites (N-methyl/N-ethyl adjacent to an activating group) is 1. The number of carbonyl (C=O) groups is 2. The first-order valence-electron chi connectivity index (χ1n) is 7.23. The third-order valence-electron chi connectivity index (χ3n) is 4.45. The molecule has 21 heavy (non-hydrogen) atoms. The second kappa shape index (κ2) is 5.44. The molecule has 0 saturated carbocycles. The number of fused-ring (bicyclic) bond motifs is 4. The highest BCUT2D eigenvalue weighted by Crippen LogP contribution is 2.28. The van der Waals surface area contributed by atoms with E-state index in [-0.39, 0.29) is 23.6 Å². The van der Waals surface area contributed by atoms with Gasteiger partial charge in [-0.05, 0) is 25.0 Å². The minimum Gasteiger partial charge on any atom is -0.477 e. The van der Waals surface area contributed by atoms with Crippen molar-refractivity contribution in [3.8, 4) is 0 Å². The van der Waals surface area contributed by atoms with E-state index in [0.717, 1.165) is 31.6 Å². The quantitative estimate of drug-likeness (QED) is 0.892. The molecule has 112 valence electrons. The molecule has 3 saturated heterocycles. The van der Waals surface area contributed by atoms with Crippen LogP contribution in [0.15, 0.2) is 18.2 Å². The molecular formula is C15H19N3O3. The summed E-state index contributed by atoms with van der Waals surface area (Å²) in [6, 6.07) is 5.31. The molecule has 1 N–H and O–H groups in total. The Balaban J connectivity index is 1.75. The van der Waals surface area contributed by atoms with Crippen molar-refractivity contribution in [3.05, 3.63) is 29.6 Å². The van der Waals surface area contributed by atoms with Gasteiger partial charge in [-0.1, -0.05) is 6.07 Å². The lowest BCUT2D eigenvalue weighted by molar-refractivity contribution is -0.138.